The van der Waals surface area contributed by atoms with Crippen LogP contribution in [0.5, 0.6) is 0 Å². The van der Waals surface area contributed by atoms with Gasteiger partial charge in [0.1, 0.15) is 0 Å². The average Bonchev–Trinajstić information content (AvgIpc) is 2.65. The van der Waals surface area contributed by atoms with Gasteiger partial charge in [-0.05, 0) is 23.3 Å². The van der Waals surface area contributed by atoms with Gasteiger partial charge in [0.25, 0.3) is 17.7 Å². The van der Waals surface area contributed by atoms with E-state index < -0.39 is 23.8 Å². The highest BCUT2D eigenvalue weighted by molar-refractivity contribution is 6.08. The molecule has 1 atom stereocenters. The monoisotopic (exact) mass is 327 g/mol. The second kappa shape index (κ2) is 7.89. The lowest BCUT2D eigenvalue weighted by atomic mass is 10.0. The highest BCUT2D eigenvalue weighted by Gasteiger charge is 2.27. The average molecular weight is 327 g/mol. The lowest BCUT2D eigenvalue weighted by molar-refractivity contribution is -0.137. The molecule has 124 valence electrons. The lowest BCUT2D eigenvalue weighted by Gasteiger charge is -2.15. The summed E-state index contributed by atoms with van der Waals surface area (Å²) in [5.74, 6) is -2.37. The first-order valence-electron chi connectivity index (χ1n) is 7.18. The van der Waals surface area contributed by atoms with E-state index in [-0.39, 0.29) is 5.56 Å². The van der Waals surface area contributed by atoms with Crippen molar-refractivity contribution in [3.05, 3.63) is 60.2 Å². The minimum absolute atomic E-state index is 0.286. The molecular weight excluding hydrogens is 310 g/mol. The molecule has 0 bridgehead atoms. The zero-order valence-electron chi connectivity index (χ0n) is 12.9. The third-order valence-electron chi connectivity index (χ3n) is 3.41. The first-order chi connectivity index (χ1) is 11.6. The van der Waals surface area contributed by atoms with E-state index in [9.17, 15) is 14.4 Å². The minimum Gasteiger partial charge on any atom is -0.357 e. The maximum Gasteiger partial charge on any atom is 0.275 e. The summed E-state index contributed by atoms with van der Waals surface area (Å²) >= 11 is 0. The van der Waals surface area contributed by atoms with Crippen molar-refractivity contribution in [1.29, 1.82) is 0 Å². The molecule has 7 heteroatoms. The van der Waals surface area contributed by atoms with Gasteiger partial charge in [0.2, 0.25) is 0 Å². The second-order valence-electron chi connectivity index (χ2n) is 4.94. The summed E-state index contributed by atoms with van der Waals surface area (Å²) in [6.07, 6.45) is 0. The summed E-state index contributed by atoms with van der Waals surface area (Å²) in [5.41, 5.74) is 3.58. The van der Waals surface area contributed by atoms with Crippen molar-refractivity contribution in [2.75, 3.05) is 7.05 Å². The van der Waals surface area contributed by atoms with Gasteiger partial charge in [-0.2, -0.15) is 0 Å². The number of nitrogens with one attached hydrogen (secondary N) is 3. The summed E-state index contributed by atoms with van der Waals surface area (Å²) in [5, 5.41) is 13.2. The van der Waals surface area contributed by atoms with Crippen molar-refractivity contribution in [2.45, 2.75) is 6.04 Å². The third-order valence-corrected chi connectivity index (χ3v) is 3.41. The number of hydroxylamine groups is 1. The zero-order chi connectivity index (χ0) is 17.5. The first-order valence-corrected chi connectivity index (χ1v) is 7.18. The minimum atomic E-state index is -1.53. The number of amides is 3. The topological polar surface area (TPSA) is 108 Å². The van der Waals surface area contributed by atoms with Crippen LogP contribution >= 0.6 is 0 Å². The van der Waals surface area contributed by atoms with Crippen LogP contribution in [0.3, 0.4) is 0 Å². The Morgan fingerprint density at radius 1 is 0.875 bits per heavy atom. The van der Waals surface area contributed by atoms with Crippen molar-refractivity contribution in [3.8, 4) is 11.1 Å². The number of carbonyl (C=O) groups excluding carboxylic acids is 3. The second-order valence-corrected chi connectivity index (χ2v) is 4.94. The van der Waals surface area contributed by atoms with E-state index in [1.54, 1.807) is 24.3 Å². The van der Waals surface area contributed by atoms with E-state index in [1.165, 1.54) is 12.5 Å². The molecule has 2 aromatic rings. The fourth-order valence-electron chi connectivity index (χ4n) is 2.12. The molecule has 0 saturated heterocycles. The number of benzene rings is 2. The number of rotatable bonds is 5. The van der Waals surface area contributed by atoms with Gasteiger partial charge in [0.05, 0.1) is 0 Å². The molecule has 2 aromatic carbocycles. The predicted molar refractivity (Wildman–Crippen MR) is 87.1 cm³/mol. The largest absolute Gasteiger partial charge is 0.357 e. The van der Waals surface area contributed by atoms with E-state index in [0.717, 1.165) is 11.1 Å². The molecular formula is C17H17N3O4. The maximum absolute atomic E-state index is 12.2. The lowest BCUT2D eigenvalue weighted by Crippen LogP contribution is -2.54. The Bertz CT molecular complexity index is 713. The summed E-state index contributed by atoms with van der Waals surface area (Å²) in [4.78, 5) is 35.3. The van der Waals surface area contributed by atoms with E-state index in [0.29, 0.717) is 0 Å². The molecule has 0 aromatic heterocycles. The van der Waals surface area contributed by atoms with Crippen molar-refractivity contribution in [3.63, 3.8) is 0 Å². The summed E-state index contributed by atoms with van der Waals surface area (Å²) in [7, 11) is 1.32. The SMILES string of the molecule is CNC(=O)C(NC(=O)c1ccc(-c2ccccc2)cc1)C(=O)NO. The molecule has 0 spiro atoms. The van der Waals surface area contributed by atoms with Crippen LogP contribution in [0.4, 0.5) is 0 Å². The Morgan fingerprint density at radius 2 is 1.46 bits per heavy atom. The fourth-order valence-corrected chi connectivity index (χ4v) is 2.12. The van der Waals surface area contributed by atoms with E-state index in [4.69, 9.17) is 5.21 Å². The smallest absolute Gasteiger partial charge is 0.275 e. The predicted octanol–water partition coefficient (Wildman–Crippen LogP) is 0.703. The van der Waals surface area contributed by atoms with E-state index in [1.807, 2.05) is 30.3 Å². The molecule has 4 N–H and O–H groups in total. The van der Waals surface area contributed by atoms with Gasteiger partial charge >= 0.3 is 0 Å². The first kappa shape index (κ1) is 17.2. The Kier molecular flexibility index (Phi) is 5.64. The number of likely N-dealkylation sites (N-methyl/N-ethyl adjacent to an activating group) is 1. The van der Waals surface area contributed by atoms with Crippen LogP contribution in [0.25, 0.3) is 11.1 Å². The molecule has 0 radical (unpaired) electrons. The molecule has 0 aliphatic rings. The van der Waals surface area contributed by atoms with Gasteiger partial charge in [-0.1, -0.05) is 42.5 Å². The van der Waals surface area contributed by atoms with Crippen molar-refractivity contribution >= 4 is 17.7 Å². The van der Waals surface area contributed by atoms with Crippen LogP contribution in [0.1, 0.15) is 10.4 Å². The van der Waals surface area contributed by atoms with Crippen LogP contribution < -0.4 is 16.1 Å². The highest BCUT2D eigenvalue weighted by atomic mass is 16.5. The summed E-state index contributed by atoms with van der Waals surface area (Å²) < 4.78 is 0. The molecule has 1 unspecified atom stereocenters. The zero-order valence-corrected chi connectivity index (χ0v) is 12.9. The maximum atomic E-state index is 12.2. The fraction of sp³-hybridized carbons (Fsp3) is 0.118. The van der Waals surface area contributed by atoms with Crippen LogP contribution in [-0.2, 0) is 9.59 Å². The van der Waals surface area contributed by atoms with E-state index in [2.05, 4.69) is 10.6 Å². The number of hydrogen-bond donors (Lipinski definition) is 4. The molecule has 2 rings (SSSR count). The molecule has 0 aliphatic heterocycles. The van der Waals surface area contributed by atoms with Crippen LogP contribution in [0, 0.1) is 0 Å². The molecule has 3 amide bonds. The van der Waals surface area contributed by atoms with Gasteiger partial charge in [0.15, 0.2) is 6.04 Å². The standard InChI is InChI=1S/C17H17N3O4/c1-18-16(22)14(17(23)20-24)19-15(21)13-9-7-12(8-10-13)11-5-3-2-4-6-11/h2-10,14,24H,1H3,(H,18,22)(H,19,21)(H,20,23). The van der Waals surface area contributed by atoms with E-state index >= 15 is 0 Å². The van der Waals surface area contributed by atoms with Crippen LogP contribution in [-0.4, -0.2) is 36.0 Å². The van der Waals surface area contributed by atoms with Gasteiger partial charge in [-0.15, -0.1) is 0 Å². The van der Waals surface area contributed by atoms with Gasteiger partial charge in [0, 0.05) is 12.6 Å². The highest BCUT2D eigenvalue weighted by Crippen LogP contribution is 2.19. The Labute approximate surface area is 138 Å². The van der Waals surface area contributed by atoms with Gasteiger partial charge in [-0.3, -0.25) is 19.6 Å². The molecule has 0 aliphatic carbocycles. The van der Waals surface area contributed by atoms with Crippen molar-refractivity contribution < 1.29 is 19.6 Å². The Hall–Kier alpha value is -3.19. The normalized spacial score (nSPS) is 11.2. The van der Waals surface area contributed by atoms with Crippen molar-refractivity contribution in [1.82, 2.24) is 16.1 Å². The van der Waals surface area contributed by atoms with Crippen LogP contribution in [0.15, 0.2) is 54.6 Å². The summed E-state index contributed by atoms with van der Waals surface area (Å²) in [6.45, 7) is 0. The Morgan fingerprint density at radius 3 is 2.00 bits per heavy atom. The third kappa shape index (κ3) is 3.96. The molecule has 7 nitrogen and oxygen atoms in total. The Balaban J connectivity index is 2.14. The number of hydrogen-bond acceptors (Lipinski definition) is 4. The van der Waals surface area contributed by atoms with Crippen molar-refractivity contribution in [2.24, 2.45) is 0 Å². The molecule has 24 heavy (non-hydrogen) atoms. The molecule has 0 saturated carbocycles. The quantitative estimate of drug-likeness (QED) is 0.368. The van der Waals surface area contributed by atoms with Crippen LogP contribution in [0.2, 0.25) is 0 Å². The number of carbonyl (C=O) groups is 3. The summed E-state index contributed by atoms with van der Waals surface area (Å²) in [6, 6.07) is 14.8. The molecule has 0 heterocycles. The van der Waals surface area contributed by atoms with Gasteiger partial charge in [-0.25, -0.2) is 5.48 Å². The molecule has 0 fully saturated rings. The van der Waals surface area contributed by atoms with Gasteiger partial charge < -0.3 is 10.6 Å².